The minimum absolute atomic E-state index is 0.0481. The van der Waals surface area contributed by atoms with Crippen molar-refractivity contribution in [3.05, 3.63) is 117 Å². The number of guanidine groups is 1. The third-order valence-electron chi connectivity index (χ3n) is 11.5. The van der Waals surface area contributed by atoms with Crippen LogP contribution in [0.15, 0.2) is 82.7 Å². The monoisotopic (exact) mass is 880 g/mol. The molecule has 0 saturated carbocycles. The van der Waals surface area contributed by atoms with E-state index in [9.17, 15) is 27.6 Å². The van der Waals surface area contributed by atoms with Crippen molar-refractivity contribution >= 4 is 39.9 Å². The number of fused-ring (bicyclic) bond motifs is 4. The first kappa shape index (κ1) is 46.1. The van der Waals surface area contributed by atoms with Crippen molar-refractivity contribution in [2.75, 3.05) is 19.7 Å². The van der Waals surface area contributed by atoms with E-state index in [4.69, 9.17) is 20.3 Å². The predicted octanol–water partition coefficient (Wildman–Crippen LogP) is 5.91. The van der Waals surface area contributed by atoms with Gasteiger partial charge in [0.25, 0.3) is 10.0 Å². The van der Waals surface area contributed by atoms with Gasteiger partial charge in [-0.1, -0.05) is 60.7 Å². The number of alkyl carbamates (subject to hydrolysis) is 1. The van der Waals surface area contributed by atoms with Gasteiger partial charge >= 0.3 is 12.1 Å². The van der Waals surface area contributed by atoms with Crippen LogP contribution in [0.3, 0.4) is 0 Å². The molecule has 3 amide bonds. The lowest BCUT2D eigenvalue weighted by Gasteiger charge is -2.20. The maximum absolute atomic E-state index is 13.7. The summed E-state index contributed by atoms with van der Waals surface area (Å²) in [5.41, 5.74) is 13.6. The van der Waals surface area contributed by atoms with Crippen LogP contribution in [0.5, 0.6) is 5.75 Å². The number of rotatable bonds is 18. The zero-order chi connectivity index (χ0) is 45.5. The minimum atomic E-state index is -4.12. The first-order valence-electron chi connectivity index (χ1n) is 21.1. The van der Waals surface area contributed by atoms with Gasteiger partial charge in [0, 0.05) is 44.0 Å². The number of hydrogen-bond donors (Lipinski definition) is 6. The molecule has 1 aliphatic heterocycles. The maximum atomic E-state index is 13.7. The molecule has 4 aromatic carbocycles. The highest BCUT2D eigenvalue weighted by molar-refractivity contribution is 7.90. The molecule has 0 aromatic heterocycles. The van der Waals surface area contributed by atoms with Crippen LogP contribution >= 0.6 is 0 Å². The largest absolute Gasteiger partial charge is 0.487 e. The molecule has 0 saturated heterocycles. The Morgan fingerprint density at radius 2 is 1.54 bits per heavy atom. The summed E-state index contributed by atoms with van der Waals surface area (Å²) in [5, 5.41) is 17.4. The molecule has 0 unspecified atom stereocenters. The van der Waals surface area contributed by atoms with E-state index in [1.807, 2.05) is 69.3 Å². The summed E-state index contributed by atoms with van der Waals surface area (Å²) in [5.74, 6) is -1.45. The maximum Gasteiger partial charge on any atom is 0.407 e. The number of nitrogens with one attached hydrogen (secondary N) is 4. The lowest BCUT2D eigenvalue weighted by atomic mass is 9.94. The Morgan fingerprint density at radius 1 is 0.889 bits per heavy atom. The van der Waals surface area contributed by atoms with Crippen molar-refractivity contribution in [2.24, 2.45) is 10.7 Å². The molecule has 0 spiro atoms. The van der Waals surface area contributed by atoms with Gasteiger partial charge in [0.05, 0.1) is 10.5 Å². The van der Waals surface area contributed by atoms with Crippen molar-refractivity contribution in [2.45, 2.75) is 102 Å². The van der Waals surface area contributed by atoms with Gasteiger partial charge in [0.1, 0.15) is 24.0 Å². The molecule has 6 rings (SSSR count). The summed E-state index contributed by atoms with van der Waals surface area (Å²) in [7, 11) is -4.12. The molecule has 2 aliphatic rings. The third-order valence-corrected chi connectivity index (χ3v) is 13.1. The second-order valence-electron chi connectivity index (χ2n) is 16.6. The fourth-order valence-electron chi connectivity index (χ4n) is 8.21. The molecule has 0 bridgehead atoms. The van der Waals surface area contributed by atoms with Gasteiger partial charge in [0.15, 0.2) is 0 Å². The summed E-state index contributed by atoms with van der Waals surface area (Å²) in [6, 6.07) is 21.2. The number of unbranched alkanes of at least 4 members (excludes halogenated alkanes) is 1. The molecular weight excluding hydrogens is 825 g/mol. The van der Waals surface area contributed by atoms with Gasteiger partial charge in [-0.05, 0) is 117 Å². The van der Waals surface area contributed by atoms with E-state index in [1.54, 1.807) is 26.0 Å². The number of aromatic carboxylic acids is 1. The Balaban J connectivity index is 1.04. The fourth-order valence-corrected chi connectivity index (χ4v) is 9.74. The number of carboxylic acid groups (broad SMARTS) is 1. The fraction of sp³-hybridized carbons (Fsp3) is 0.383. The van der Waals surface area contributed by atoms with Crippen molar-refractivity contribution in [3.8, 4) is 16.9 Å². The molecule has 0 radical (unpaired) electrons. The second kappa shape index (κ2) is 19.7. The number of hydrogen-bond acceptors (Lipinski definition) is 9. The zero-order valence-electron chi connectivity index (χ0n) is 36.3. The number of ether oxygens (including phenoxy) is 2. The first-order chi connectivity index (χ1) is 30.0. The Kier molecular flexibility index (Phi) is 14.4. The smallest absolute Gasteiger partial charge is 0.407 e. The normalized spacial score (nSPS) is 14.4. The Hall–Kier alpha value is -6.42. The quantitative estimate of drug-likeness (QED) is 0.0394. The highest BCUT2D eigenvalue weighted by Gasteiger charge is 2.37. The average molecular weight is 881 g/mol. The standard InChI is InChI=1S/C47H56N6O9S/c1-28-29(2)42(30(3)37-25-47(4,5)62-41(28)37)63(59,60)53-45(48)50-24-12-17-39(43(55)49-23-11-10-18-40(54)51-26-31-19-21-32(22-20-31)44(56)57)52-46(58)61-27-38-35-15-8-6-13-33(35)34-14-7-9-16-36(34)38/h6-9,13-16,19-22,38-39H,10-12,17-18,23-27H2,1-5H3,(H,49,55)(H,51,54)(H,52,58)(H,56,57)(H3,48,50,53)/t39-/m0/s1. The second-order valence-corrected chi connectivity index (χ2v) is 18.2. The summed E-state index contributed by atoms with van der Waals surface area (Å²) in [4.78, 5) is 54.7. The van der Waals surface area contributed by atoms with Gasteiger partial charge in [-0.15, -0.1) is 0 Å². The van der Waals surface area contributed by atoms with Crippen LogP contribution in [0, 0.1) is 20.8 Å². The van der Waals surface area contributed by atoms with Gasteiger partial charge in [0.2, 0.25) is 17.8 Å². The molecule has 1 heterocycles. The number of sulfonamides is 1. The molecule has 334 valence electrons. The minimum Gasteiger partial charge on any atom is -0.487 e. The summed E-state index contributed by atoms with van der Waals surface area (Å²) in [6.45, 7) is 9.85. The SMILES string of the molecule is Cc1c(C)c(S(=O)(=O)NC(N)=NCCC[C@H](NC(=O)OCC2c3ccccc3-c3ccccc32)C(=O)NCCCCC(=O)NCc2ccc(C(=O)O)cc2)c(C)c2c1OC(C)(C)C2. The predicted molar refractivity (Wildman–Crippen MR) is 239 cm³/mol. The molecule has 1 aliphatic carbocycles. The van der Waals surface area contributed by atoms with E-state index in [0.717, 1.165) is 38.9 Å². The number of nitrogens with two attached hydrogens (primary N) is 1. The Bertz CT molecular complexity index is 2480. The first-order valence-corrected chi connectivity index (χ1v) is 22.6. The van der Waals surface area contributed by atoms with Gasteiger partial charge in [-0.2, -0.15) is 0 Å². The Morgan fingerprint density at radius 3 is 2.19 bits per heavy atom. The van der Waals surface area contributed by atoms with Crippen molar-refractivity contribution in [1.29, 1.82) is 0 Å². The molecule has 4 aromatic rings. The zero-order valence-corrected chi connectivity index (χ0v) is 37.1. The number of nitrogens with zero attached hydrogens (tertiary/aromatic N) is 1. The number of benzene rings is 4. The number of carbonyl (C=O) groups is 4. The topological polar surface area (TPSA) is 228 Å². The van der Waals surface area contributed by atoms with Crippen LogP contribution in [0.4, 0.5) is 4.79 Å². The van der Waals surface area contributed by atoms with E-state index in [2.05, 4.69) is 25.7 Å². The van der Waals surface area contributed by atoms with Gasteiger partial charge in [-0.25, -0.2) is 22.7 Å². The highest BCUT2D eigenvalue weighted by atomic mass is 32.2. The van der Waals surface area contributed by atoms with E-state index in [-0.39, 0.29) is 73.7 Å². The van der Waals surface area contributed by atoms with E-state index >= 15 is 0 Å². The molecule has 16 heteroatoms. The van der Waals surface area contributed by atoms with E-state index in [0.29, 0.717) is 36.1 Å². The van der Waals surface area contributed by atoms with Crippen molar-refractivity contribution in [1.82, 2.24) is 20.7 Å². The summed E-state index contributed by atoms with van der Waals surface area (Å²) in [6.07, 6.45) is 1.36. The lowest BCUT2D eigenvalue weighted by molar-refractivity contribution is -0.123. The molecule has 63 heavy (non-hydrogen) atoms. The van der Waals surface area contributed by atoms with Gasteiger partial charge in [-0.3, -0.25) is 14.6 Å². The van der Waals surface area contributed by atoms with Crippen LogP contribution in [0.2, 0.25) is 0 Å². The average Bonchev–Trinajstić information content (AvgIpc) is 3.75. The van der Waals surface area contributed by atoms with Crippen molar-refractivity contribution < 1.29 is 42.2 Å². The molecule has 0 fully saturated rings. The van der Waals surface area contributed by atoms with Crippen molar-refractivity contribution in [3.63, 3.8) is 0 Å². The van der Waals surface area contributed by atoms with Crippen LogP contribution < -0.4 is 31.1 Å². The van der Waals surface area contributed by atoms with E-state index in [1.165, 1.54) is 12.1 Å². The van der Waals surface area contributed by atoms with Gasteiger partial charge < -0.3 is 36.3 Å². The Labute approximate surface area is 368 Å². The molecule has 7 N–H and O–H groups in total. The number of carbonyl (C=O) groups excluding carboxylic acids is 3. The highest BCUT2D eigenvalue weighted by Crippen LogP contribution is 2.45. The summed E-state index contributed by atoms with van der Waals surface area (Å²) < 4.78 is 41.6. The van der Waals surface area contributed by atoms with E-state index < -0.39 is 39.6 Å². The molecule has 1 atom stereocenters. The van der Waals surface area contributed by atoms with Crippen LogP contribution in [-0.4, -0.2) is 74.7 Å². The third kappa shape index (κ3) is 11.2. The van der Waals surface area contributed by atoms with Crippen LogP contribution in [-0.2, 0) is 37.3 Å². The van der Waals surface area contributed by atoms with Crippen LogP contribution in [0.25, 0.3) is 11.1 Å². The van der Waals surface area contributed by atoms with Crippen LogP contribution in [0.1, 0.15) is 101 Å². The molecular formula is C47H56N6O9S. The number of aliphatic imine (C=N–C) groups is 1. The molecule has 15 nitrogen and oxygen atoms in total. The summed E-state index contributed by atoms with van der Waals surface area (Å²) >= 11 is 0. The number of amides is 3. The lowest BCUT2D eigenvalue weighted by Crippen LogP contribution is -2.47. The number of carboxylic acids is 1.